The topological polar surface area (TPSA) is 90.2 Å². The molecular formula is C20H29N3O4S. The van der Waals surface area contributed by atoms with E-state index >= 15 is 0 Å². The molecule has 0 spiro atoms. The molecule has 1 heterocycles. The average molecular weight is 408 g/mol. The van der Waals surface area contributed by atoms with Gasteiger partial charge in [0.25, 0.3) is 5.56 Å². The summed E-state index contributed by atoms with van der Waals surface area (Å²) in [5.74, 6) is -0.0494. The van der Waals surface area contributed by atoms with Crippen LogP contribution < -0.4 is 16.0 Å². The first-order valence-electron chi connectivity index (χ1n) is 9.15. The second kappa shape index (κ2) is 7.67. The van der Waals surface area contributed by atoms with Gasteiger partial charge in [0, 0.05) is 26.3 Å². The molecule has 0 bridgehead atoms. The molecular weight excluding hydrogens is 378 g/mol. The lowest BCUT2D eigenvalue weighted by molar-refractivity contribution is 0.461. The zero-order chi connectivity index (χ0) is 21.4. The Morgan fingerprint density at radius 2 is 1.54 bits per heavy atom. The molecule has 0 saturated heterocycles. The second-order valence-corrected chi connectivity index (χ2v) is 10.1. The minimum Gasteiger partial charge on any atom is -0.302 e. The van der Waals surface area contributed by atoms with Gasteiger partial charge >= 0.3 is 5.69 Å². The summed E-state index contributed by atoms with van der Waals surface area (Å²) in [4.78, 5) is 23.8. The summed E-state index contributed by atoms with van der Waals surface area (Å²) < 4.78 is 30.4. The van der Waals surface area contributed by atoms with Crippen molar-refractivity contribution in [3.63, 3.8) is 0 Å². The molecule has 1 atom stereocenters. The third-order valence-corrected chi connectivity index (χ3v) is 6.21. The number of benzene rings is 1. The van der Waals surface area contributed by atoms with E-state index < -0.39 is 32.2 Å². The minimum absolute atomic E-state index is 0.00754. The van der Waals surface area contributed by atoms with Crippen LogP contribution in [0.25, 0.3) is 0 Å². The summed E-state index contributed by atoms with van der Waals surface area (Å²) in [5.41, 5.74) is 0.525. The van der Waals surface area contributed by atoms with Crippen molar-refractivity contribution < 1.29 is 8.42 Å². The molecule has 1 unspecified atom stereocenters. The van der Waals surface area contributed by atoms with Gasteiger partial charge in [-0.25, -0.2) is 17.9 Å². The van der Waals surface area contributed by atoms with Crippen LogP contribution in [-0.2, 0) is 29.5 Å². The van der Waals surface area contributed by atoms with Gasteiger partial charge in [-0.15, -0.1) is 0 Å². The van der Waals surface area contributed by atoms with Crippen LogP contribution in [0.15, 0.2) is 44.9 Å². The van der Waals surface area contributed by atoms with Gasteiger partial charge in [0.1, 0.15) is 0 Å². The molecule has 8 heteroatoms. The Bertz CT molecular complexity index is 1070. The number of aromatic nitrogens is 2. The largest absolute Gasteiger partial charge is 0.330 e. The molecule has 0 saturated carbocycles. The molecule has 0 amide bonds. The number of hydrogen-bond donors (Lipinski definition) is 1. The SMILES string of the molecule is CC(C)C(NS(=O)(=O)c1cn(C)c(=O)n(C)c1=O)c1ccc(C(C)(C)C)cc1. The Hall–Kier alpha value is -2.19. The second-order valence-electron chi connectivity index (χ2n) is 8.47. The van der Waals surface area contributed by atoms with E-state index in [1.54, 1.807) is 0 Å². The highest BCUT2D eigenvalue weighted by molar-refractivity contribution is 7.89. The van der Waals surface area contributed by atoms with Crippen molar-refractivity contribution in [3.05, 3.63) is 62.4 Å². The lowest BCUT2D eigenvalue weighted by atomic mass is 9.85. The zero-order valence-electron chi connectivity index (χ0n) is 17.5. The molecule has 2 rings (SSSR count). The van der Waals surface area contributed by atoms with Crippen molar-refractivity contribution >= 4 is 10.0 Å². The van der Waals surface area contributed by atoms with Crippen LogP contribution in [0, 0.1) is 5.92 Å². The average Bonchev–Trinajstić information content (AvgIpc) is 2.60. The van der Waals surface area contributed by atoms with Crippen molar-refractivity contribution in [2.75, 3.05) is 0 Å². The van der Waals surface area contributed by atoms with Gasteiger partial charge in [-0.05, 0) is 22.5 Å². The molecule has 0 aliphatic carbocycles. The van der Waals surface area contributed by atoms with E-state index in [9.17, 15) is 18.0 Å². The van der Waals surface area contributed by atoms with Gasteiger partial charge in [-0.3, -0.25) is 9.36 Å². The third kappa shape index (κ3) is 4.44. The molecule has 154 valence electrons. The Balaban J connectivity index is 2.47. The Morgan fingerprint density at radius 3 is 2.00 bits per heavy atom. The number of rotatable bonds is 5. The summed E-state index contributed by atoms with van der Waals surface area (Å²) in [6.07, 6.45) is 1.06. The number of nitrogens with zero attached hydrogens (tertiary/aromatic N) is 2. The Kier molecular flexibility index (Phi) is 6.06. The predicted molar refractivity (Wildman–Crippen MR) is 110 cm³/mol. The number of nitrogens with one attached hydrogen (secondary N) is 1. The van der Waals surface area contributed by atoms with Crippen LogP contribution in [0.1, 0.15) is 51.8 Å². The minimum atomic E-state index is -4.13. The van der Waals surface area contributed by atoms with Gasteiger partial charge in [-0.1, -0.05) is 58.9 Å². The summed E-state index contributed by atoms with van der Waals surface area (Å²) in [6, 6.07) is 7.29. The maximum Gasteiger partial charge on any atom is 0.330 e. The maximum absolute atomic E-state index is 12.9. The molecule has 1 N–H and O–H groups in total. The number of hydrogen-bond acceptors (Lipinski definition) is 4. The zero-order valence-corrected chi connectivity index (χ0v) is 18.3. The first kappa shape index (κ1) is 22.1. The van der Waals surface area contributed by atoms with E-state index in [0.717, 1.165) is 26.5 Å². The van der Waals surface area contributed by atoms with E-state index in [2.05, 4.69) is 25.5 Å². The summed E-state index contributed by atoms with van der Waals surface area (Å²) in [6.45, 7) is 10.1. The van der Waals surface area contributed by atoms with E-state index in [4.69, 9.17) is 0 Å². The van der Waals surface area contributed by atoms with E-state index in [1.165, 1.54) is 14.1 Å². The Morgan fingerprint density at radius 1 is 1.00 bits per heavy atom. The fourth-order valence-corrected chi connectivity index (χ4v) is 4.50. The lowest BCUT2D eigenvalue weighted by Crippen LogP contribution is -2.42. The highest BCUT2D eigenvalue weighted by Crippen LogP contribution is 2.27. The maximum atomic E-state index is 12.9. The molecule has 1 aromatic heterocycles. The van der Waals surface area contributed by atoms with Crippen LogP contribution in [0.5, 0.6) is 0 Å². The quantitative estimate of drug-likeness (QED) is 0.821. The standard InChI is InChI=1S/C20H29N3O4S/c1-13(2)17(14-8-10-15(11-9-14)20(3,4)5)21-28(26,27)16-12-22(6)19(25)23(7)18(16)24/h8-13,17,21H,1-7H3. The van der Waals surface area contributed by atoms with Crippen LogP contribution >= 0.6 is 0 Å². The molecule has 7 nitrogen and oxygen atoms in total. The van der Waals surface area contributed by atoms with E-state index in [-0.39, 0.29) is 11.3 Å². The first-order chi connectivity index (χ1) is 12.8. The predicted octanol–water partition coefficient (Wildman–Crippen LogP) is 2.06. The normalized spacial score (nSPS) is 13.7. The molecule has 28 heavy (non-hydrogen) atoms. The molecule has 0 aliphatic heterocycles. The highest BCUT2D eigenvalue weighted by atomic mass is 32.2. The summed E-state index contributed by atoms with van der Waals surface area (Å²) in [7, 11) is -1.46. The van der Waals surface area contributed by atoms with Crippen molar-refractivity contribution in [1.29, 1.82) is 0 Å². The van der Waals surface area contributed by atoms with Gasteiger partial charge in [-0.2, -0.15) is 0 Å². The molecule has 1 aromatic carbocycles. The molecule has 2 aromatic rings. The van der Waals surface area contributed by atoms with Crippen LogP contribution in [0.3, 0.4) is 0 Å². The number of sulfonamides is 1. The van der Waals surface area contributed by atoms with Crippen molar-refractivity contribution in [1.82, 2.24) is 13.9 Å². The highest BCUT2D eigenvalue weighted by Gasteiger charge is 2.27. The van der Waals surface area contributed by atoms with Crippen LogP contribution in [0.2, 0.25) is 0 Å². The summed E-state index contributed by atoms with van der Waals surface area (Å²) >= 11 is 0. The van der Waals surface area contributed by atoms with E-state index in [0.29, 0.717) is 0 Å². The summed E-state index contributed by atoms with van der Waals surface area (Å²) in [5, 5.41) is 0. The fourth-order valence-electron chi connectivity index (χ4n) is 2.97. The van der Waals surface area contributed by atoms with E-state index in [1.807, 2.05) is 38.1 Å². The molecule has 0 fully saturated rings. The molecule has 0 aliphatic rings. The fraction of sp³-hybridized carbons (Fsp3) is 0.500. The van der Waals surface area contributed by atoms with Crippen molar-refractivity contribution in [2.24, 2.45) is 20.0 Å². The third-order valence-electron chi connectivity index (χ3n) is 4.79. The van der Waals surface area contributed by atoms with Gasteiger partial charge in [0.2, 0.25) is 10.0 Å². The Labute approximate surface area is 166 Å². The van der Waals surface area contributed by atoms with Crippen LogP contribution in [0.4, 0.5) is 0 Å². The van der Waals surface area contributed by atoms with Crippen molar-refractivity contribution in [3.8, 4) is 0 Å². The van der Waals surface area contributed by atoms with Gasteiger partial charge < -0.3 is 4.57 Å². The first-order valence-corrected chi connectivity index (χ1v) is 10.6. The lowest BCUT2D eigenvalue weighted by Gasteiger charge is -2.25. The monoisotopic (exact) mass is 407 g/mol. The molecule has 0 radical (unpaired) electrons. The van der Waals surface area contributed by atoms with Gasteiger partial charge in [0.15, 0.2) is 4.90 Å². The smallest absolute Gasteiger partial charge is 0.302 e. The van der Waals surface area contributed by atoms with Crippen molar-refractivity contribution in [2.45, 2.75) is 51.0 Å². The number of aryl methyl sites for hydroxylation is 1. The van der Waals surface area contributed by atoms with Crippen LogP contribution in [-0.4, -0.2) is 17.6 Å². The van der Waals surface area contributed by atoms with Gasteiger partial charge in [0.05, 0.1) is 0 Å².